The van der Waals surface area contributed by atoms with E-state index >= 15 is 0 Å². The maximum absolute atomic E-state index is 11.9. The molecule has 0 N–H and O–H groups in total. The van der Waals surface area contributed by atoms with Crippen LogP contribution in [-0.4, -0.2) is 22.2 Å². The highest BCUT2D eigenvalue weighted by Crippen LogP contribution is 2.19. The van der Waals surface area contributed by atoms with Crippen LogP contribution in [0.2, 0.25) is 0 Å². The predicted octanol–water partition coefficient (Wildman–Crippen LogP) is 2.71. The highest BCUT2D eigenvalue weighted by Gasteiger charge is 2.04. The second-order valence-corrected chi connectivity index (χ2v) is 4.07. The summed E-state index contributed by atoms with van der Waals surface area (Å²) in [6.45, 7) is 2.53. The number of hydrogen-bond donors (Lipinski definition) is 0. The number of carbonyl (C=O) groups excluding carboxylic acids is 1. The Balaban J connectivity index is 2.16. The fourth-order valence-electron chi connectivity index (χ4n) is 1.72. The number of ether oxygens (including phenoxy) is 1. The molecule has 1 aromatic carbocycles. The predicted molar refractivity (Wildman–Crippen MR) is 74.2 cm³/mol. The lowest BCUT2D eigenvalue weighted by Gasteiger charge is -2.05. The molecule has 1 aromatic heterocycles. The molecule has 0 saturated heterocycles. The van der Waals surface area contributed by atoms with Crippen LogP contribution in [-0.2, 0) is 7.05 Å². The Labute approximate surface area is 112 Å². The zero-order valence-corrected chi connectivity index (χ0v) is 11.0. The molecule has 98 valence electrons. The van der Waals surface area contributed by atoms with Crippen molar-refractivity contribution in [3.8, 4) is 5.75 Å². The first-order valence-corrected chi connectivity index (χ1v) is 6.13. The van der Waals surface area contributed by atoms with Crippen molar-refractivity contribution in [2.75, 3.05) is 6.61 Å². The van der Waals surface area contributed by atoms with Gasteiger partial charge >= 0.3 is 0 Å². The van der Waals surface area contributed by atoms with Crippen molar-refractivity contribution in [1.82, 2.24) is 9.78 Å². The average molecular weight is 256 g/mol. The zero-order chi connectivity index (χ0) is 13.7. The lowest BCUT2D eigenvalue weighted by atomic mass is 10.1. The van der Waals surface area contributed by atoms with Gasteiger partial charge in [-0.2, -0.15) is 5.10 Å². The van der Waals surface area contributed by atoms with Crippen LogP contribution in [0.3, 0.4) is 0 Å². The Hall–Kier alpha value is -2.36. The average Bonchev–Trinajstić information content (AvgIpc) is 2.84. The molecule has 0 bridgehead atoms. The maximum atomic E-state index is 11.9. The van der Waals surface area contributed by atoms with E-state index in [4.69, 9.17) is 4.74 Å². The van der Waals surface area contributed by atoms with Crippen molar-refractivity contribution in [3.05, 3.63) is 53.9 Å². The first-order valence-electron chi connectivity index (χ1n) is 6.13. The summed E-state index contributed by atoms with van der Waals surface area (Å²) in [5.41, 5.74) is 1.47. The second kappa shape index (κ2) is 6.00. The third-order valence-electron chi connectivity index (χ3n) is 2.62. The van der Waals surface area contributed by atoms with Crippen LogP contribution >= 0.6 is 0 Å². The molecule has 0 atom stereocenters. The summed E-state index contributed by atoms with van der Waals surface area (Å²) < 4.78 is 7.11. The topological polar surface area (TPSA) is 44.1 Å². The van der Waals surface area contributed by atoms with Crippen LogP contribution in [0.4, 0.5) is 0 Å². The highest BCUT2D eigenvalue weighted by molar-refractivity contribution is 6.06. The number of rotatable bonds is 5. The molecule has 0 radical (unpaired) electrons. The molecule has 0 unspecified atom stereocenters. The highest BCUT2D eigenvalue weighted by atomic mass is 16.5. The summed E-state index contributed by atoms with van der Waals surface area (Å²) in [6, 6.07) is 7.62. The normalized spacial score (nSPS) is 10.8. The number of allylic oxidation sites excluding steroid dienone is 1. The number of aromatic nitrogens is 2. The van der Waals surface area contributed by atoms with Gasteiger partial charge < -0.3 is 4.74 Å². The molecule has 0 fully saturated rings. The Morgan fingerprint density at radius 3 is 2.89 bits per heavy atom. The van der Waals surface area contributed by atoms with Crippen molar-refractivity contribution in [2.45, 2.75) is 6.92 Å². The fourth-order valence-corrected chi connectivity index (χ4v) is 1.72. The van der Waals surface area contributed by atoms with Crippen molar-refractivity contribution in [1.29, 1.82) is 0 Å². The molecule has 0 spiro atoms. The lowest BCUT2D eigenvalue weighted by molar-refractivity contribution is 0.104. The third kappa shape index (κ3) is 3.31. The molecular weight excluding hydrogens is 240 g/mol. The summed E-state index contributed by atoms with van der Waals surface area (Å²) >= 11 is 0. The Morgan fingerprint density at radius 2 is 2.21 bits per heavy atom. The minimum atomic E-state index is -0.0700. The smallest absolute Gasteiger partial charge is 0.189 e. The van der Waals surface area contributed by atoms with E-state index in [2.05, 4.69) is 5.10 Å². The number of aryl methyl sites for hydroxylation is 1. The summed E-state index contributed by atoms with van der Waals surface area (Å²) in [5.74, 6) is 0.708. The van der Waals surface area contributed by atoms with Crippen LogP contribution in [0.25, 0.3) is 6.08 Å². The molecule has 0 amide bonds. The van der Waals surface area contributed by atoms with Gasteiger partial charge in [0.05, 0.1) is 18.4 Å². The molecule has 19 heavy (non-hydrogen) atoms. The molecule has 0 aliphatic carbocycles. The van der Waals surface area contributed by atoms with E-state index in [1.807, 2.05) is 31.2 Å². The Bertz CT molecular complexity index is 600. The zero-order valence-electron chi connectivity index (χ0n) is 11.0. The first-order chi connectivity index (χ1) is 9.20. The molecule has 0 saturated carbocycles. The van der Waals surface area contributed by atoms with Crippen molar-refractivity contribution in [3.63, 3.8) is 0 Å². The van der Waals surface area contributed by atoms with Gasteiger partial charge in [-0.15, -0.1) is 0 Å². The van der Waals surface area contributed by atoms with Gasteiger partial charge in [-0.05, 0) is 25.1 Å². The number of carbonyl (C=O) groups is 1. The van der Waals surface area contributed by atoms with E-state index < -0.39 is 0 Å². The van der Waals surface area contributed by atoms with E-state index in [1.165, 1.54) is 6.08 Å². The number of para-hydroxylation sites is 1. The molecule has 2 aromatic rings. The summed E-state index contributed by atoms with van der Waals surface area (Å²) in [4.78, 5) is 11.9. The quantitative estimate of drug-likeness (QED) is 0.610. The Kier molecular flexibility index (Phi) is 4.13. The van der Waals surface area contributed by atoms with Gasteiger partial charge in [0.15, 0.2) is 5.78 Å². The molecule has 4 heteroatoms. The molecule has 1 heterocycles. The van der Waals surface area contributed by atoms with Crippen molar-refractivity contribution >= 4 is 11.9 Å². The maximum Gasteiger partial charge on any atom is 0.189 e. The molecule has 2 rings (SSSR count). The summed E-state index contributed by atoms with van der Waals surface area (Å²) in [7, 11) is 1.78. The molecule has 0 aliphatic heterocycles. The van der Waals surface area contributed by atoms with Gasteiger partial charge in [-0.25, -0.2) is 0 Å². The molecule has 0 aliphatic rings. The standard InChI is InChI=1S/C15H16N2O2/c1-3-19-15-7-5-4-6-12(15)8-9-14(18)13-10-16-17(2)11-13/h4-11H,3H2,1-2H3. The van der Waals surface area contributed by atoms with Gasteiger partial charge in [-0.3, -0.25) is 9.48 Å². The van der Waals surface area contributed by atoms with Gasteiger partial charge in [0.1, 0.15) is 5.75 Å². The molecular formula is C15H16N2O2. The van der Waals surface area contributed by atoms with Crippen LogP contribution in [0.15, 0.2) is 42.7 Å². The van der Waals surface area contributed by atoms with E-state index in [0.717, 1.165) is 11.3 Å². The molecule has 4 nitrogen and oxygen atoms in total. The lowest BCUT2D eigenvalue weighted by Crippen LogP contribution is -1.95. The SMILES string of the molecule is CCOc1ccccc1C=CC(=O)c1cnn(C)c1. The number of ketones is 1. The van der Waals surface area contributed by atoms with Crippen LogP contribution in [0.1, 0.15) is 22.8 Å². The van der Waals surface area contributed by atoms with Crippen molar-refractivity contribution in [2.24, 2.45) is 7.05 Å². The number of hydrogen-bond acceptors (Lipinski definition) is 3. The van der Waals surface area contributed by atoms with Gasteiger partial charge in [0.25, 0.3) is 0 Å². The fraction of sp³-hybridized carbons (Fsp3) is 0.200. The third-order valence-corrected chi connectivity index (χ3v) is 2.62. The van der Waals surface area contributed by atoms with Crippen molar-refractivity contribution < 1.29 is 9.53 Å². The van der Waals surface area contributed by atoms with E-state index in [1.54, 1.807) is 30.2 Å². The van der Waals surface area contributed by atoms with Gasteiger partial charge in [0.2, 0.25) is 0 Å². The summed E-state index contributed by atoms with van der Waals surface area (Å²) in [5, 5.41) is 3.98. The van der Waals surface area contributed by atoms with Crippen LogP contribution < -0.4 is 4.74 Å². The summed E-state index contributed by atoms with van der Waals surface area (Å²) in [6.07, 6.45) is 6.55. The minimum absolute atomic E-state index is 0.0700. The van der Waals surface area contributed by atoms with Crippen LogP contribution in [0.5, 0.6) is 5.75 Å². The van der Waals surface area contributed by atoms with E-state index in [9.17, 15) is 4.79 Å². The van der Waals surface area contributed by atoms with Crippen LogP contribution in [0, 0.1) is 0 Å². The van der Waals surface area contributed by atoms with E-state index in [-0.39, 0.29) is 5.78 Å². The number of nitrogens with zero attached hydrogens (tertiary/aromatic N) is 2. The number of benzene rings is 1. The van der Waals surface area contributed by atoms with E-state index in [0.29, 0.717) is 12.2 Å². The second-order valence-electron chi connectivity index (χ2n) is 4.07. The largest absolute Gasteiger partial charge is 0.493 e. The Morgan fingerprint density at radius 1 is 1.42 bits per heavy atom. The van der Waals surface area contributed by atoms with Gasteiger partial charge in [-0.1, -0.05) is 18.2 Å². The first kappa shape index (κ1) is 13.1. The van der Waals surface area contributed by atoms with Gasteiger partial charge in [0, 0.05) is 18.8 Å². The minimum Gasteiger partial charge on any atom is -0.493 e. The monoisotopic (exact) mass is 256 g/mol.